The second-order valence-electron chi connectivity index (χ2n) is 7.47. The van der Waals surface area contributed by atoms with E-state index < -0.39 is 11.9 Å². The summed E-state index contributed by atoms with van der Waals surface area (Å²) in [6.45, 7) is -4.36. The van der Waals surface area contributed by atoms with Crippen LogP contribution < -0.4 is 15.9 Å². The molecule has 0 radical (unpaired) electrons. The van der Waals surface area contributed by atoms with E-state index in [9.17, 15) is 14.9 Å². The van der Waals surface area contributed by atoms with E-state index in [-0.39, 0.29) is 11.9 Å². The third-order valence-corrected chi connectivity index (χ3v) is 11.3. The molecule has 160 valence electrons. The molecule has 0 aromatic heterocycles. The van der Waals surface area contributed by atoms with Crippen LogP contribution in [0, 0.1) is 10.1 Å². The van der Waals surface area contributed by atoms with Crippen molar-refractivity contribution in [2.75, 3.05) is 6.16 Å². The summed E-state index contributed by atoms with van der Waals surface area (Å²) in [4.78, 5) is 25.9. The third-order valence-electron chi connectivity index (χ3n) is 5.70. The van der Waals surface area contributed by atoms with Crippen molar-refractivity contribution in [1.82, 2.24) is 0 Å². The van der Waals surface area contributed by atoms with Gasteiger partial charge < -0.3 is 0 Å². The molecule has 0 saturated carbocycles. The molecule has 32 heavy (non-hydrogen) atoms. The topological polar surface area (TPSA) is 69.4 Å². The molecule has 0 aliphatic carbocycles. The van der Waals surface area contributed by atoms with Gasteiger partial charge in [-0.05, 0) is 0 Å². The normalized spacial score (nSPS) is 12.3. The number of Topliss-reactive ketones (excluding diaryl/α,β-unsaturated/α-hetero) is 1. The Balaban J connectivity index is 2.14. The SMILES string of the molecule is O=C(CP(O[N+](=O)[O-])(c1ccccc1)(c1ccccc1)c1ccccc1)c1ccccc1. The average molecular weight is 443 g/mol. The zero-order valence-corrected chi connectivity index (χ0v) is 18.2. The van der Waals surface area contributed by atoms with Crippen molar-refractivity contribution in [2.24, 2.45) is 0 Å². The van der Waals surface area contributed by atoms with Crippen molar-refractivity contribution in [3.63, 3.8) is 0 Å². The number of hydrogen-bond donors (Lipinski definition) is 0. The zero-order valence-electron chi connectivity index (χ0n) is 17.3. The molecule has 0 aliphatic rings. The molecule has 0 bridgehead atoms. The van der Waals surface area contributed by atoms with Gasteiger partial charge in [0.05, 0.1) is 0 Å². The summed E-state index contributed by atoms with van der Waals surface area (Å²) in [5.41, 5.74) is 0.483. The third kappa shape index (κ3) is 3.57. The average Bonchev–Trinajstić information content (AvgIpc) is 2.85. The van der Waals surface area contributed by atoms with Crippen LogP contribution in [0.15, 0.2) is 121 Å². The molecule has 4 rings (SSSR count). The Labute approximate surface area is 186 Å². The molecule has 0 fully saturated rings. The summed E-state index contributed by atoms with van der Waals surface area (Å²) in [6.07, 6.45) is -0.172. The first kappa shape index (κ1) is 21.4. The van der Waals surface area contributed by atoms with Crippen LogP contribution in [-0.4, -0.2) is 17.0 Å². The van der Waals surface area contributed by atoms with E-state index in [1.165, 1.54) is 0 Å². The minimum absolute atomic E-state index is 0.172. The van der Waals surface area contributed by atoms with Crippen LogP contribution in [0.1, 0.15) is 10.4 Å². The number of carbonyl (C=O) groups excluding carboxylic acids is 1. The van der Waals surface area contributed by atoms with Crippen LogP contribution in [0.5, 0.6) is 0 Å². The standard InChI is InChI=1S/C26H22NO4P/c28-26(22-13-5-1-6-14-22)21-32(31-27(29)30,23-15-7-2-8-16-23,24-17-9-3-10-18-24)25-19-11-4-12-20-25/h1-20H,21H2. The van der Waals surface area contributed by atoms with Gasteiger partial charge in [-0.2, -0.15) is 0 Å². The molecule has 0 spiro atoms. The first-order valence-electron chi connectivity index (χ1n) is 10.2. The minimum atomic E-state index is -4.36. The molecular weight excluding hydrogens is 421 g/mol. The predicted octanol–water partition coefficient (Wildman–Crippen LogP) is 4.52. The van der Waals surface area contributed by atoms with Crippen molar-refractivity contribution in [3.8, 4) is 0 Å². The van der Waals surface area contributed by atoms with Gasteiger partial charge in [0.25, 0.3) is 0 Å². The van der Waals surface area contributed by atoms with Gasteiger partial charge in [0, 0.05) is 0 Å². The molecule has 0 atom stereocenters. The predicted molar refractivity (Wildman–Crippen MR) is 129 cm³/mol. The fourth-order valence-electron chi connectivity index (χ4n) is 4.26. The maximum atomic E-state index is 13.7. The number of carbonyl (C=O) groups is 1. The van der Waals surface area contributed by atoms with Crippen molar-refractivity contribution >= 4 is 28.5 Å². The number of benzene rings is 4. The second kappa shape index (κ2) is 8.74. The fraction of sp³-hybridized carbons (Fsp3) is 0.0385. The van der Waals surface area contributed by atoms with E-state index >= 15 is 0 Å². The maximum absolute atomic E-state index is 13.7. The zero-order chi connectivity index (χ0) is 22.5. The van der Waals surface area contributed by atoms with Gasteiger partial charge in [-0.1, -0.05) is 0 Å². The molecule has 0 N–H and O–H groups in total. The van der Waals surface area contributed by atoms with Crippen LogP contribution in [0.4, 0.5) is 0 Å². The Hall–Kier alpha value is -3.82. The van der Waals surface area contributed by atoms with Crippen molar-refractivity contribution in [3.05, 3.63) is 137 Å². The summed E-state index contributed by atoms with van der Waals surface area (Å²) < 4.78 is 5.91. The van der Waals surface area contributed by atoms with Gasteiger partial charge in [0.1, 0.15) is 0 Å². The molecule has 0 unspecified atom stereocenters. The van der Waals surface area contributed by atoms with Crippen molar-refractivity contribution in [1.29, 1.82) is 0 Å². The Morgan fingerprint density at radius 1 is 0.656 bits per heavy atom. The second-order valence-corrected chi connectivity index (χ2v) is 11.9. The molecule has 4 aromatic rings. The van der Waals surface area contributed by atoms with E-state index in [2.05, 4.69) is 0 Å². The molecule has 0 heterocycles. The fourth-order valence-corrected chi connectivity index (χ4v) is 9.47. The number of rotatable bonds is 8. The van der Waals surface area contributed by atoms with E-state index in [1.807, 2.05) is 97.1 Å². The van der Waals surface area contributed by atoms with Crippen molar-refractivity contribution in [2.45, 2.75) is 0 Å². The quantitative estimate of drug-likeness (QED) is 0.174. The Morgan fingerprint density at radius 3 is 1.34 bits per heavy atom. The monoisotopic (exact) mass is 443 g/mol. The molecule has 0 saturated heterocycles. The Kier molecular flexibility index (Phi) is 5.85. The van der Waals surface area contributed by atoms with Crippen LogP contribution in [0.2, 0.25) is 0 Å². The molecule has 4 aromatic carbocycles. The number of hydrogen-bond acceptors (Lipinski definition) is 4. The molecular formula is C26H22NO4P. The molecule has 5 nitrogen and oxygen atoms in total. The Bertz CT molecular complexity index is 1120. The first-order valence-corrected chi connectivity index (χ1v) is 12.5. The van der Waals surface area contributed by atoms with Crippen LogP contribution in [0.25, 0.3) is 0 Å². The Morgan fingerprint density at radius 2 is 1.00 bits per heavy atom. The number of nitrogens with zero attached hydrogens (tertiary/aromatic N) is 1. The molecule has 0 amide bonds. The molecule has 0 aliphatic heterocycles. The summed E-state index contributed by atoms with van der Waals surface area (Å²) in [5, 5.41) is 13.3. The summed E-state index contributed by atoms with van der Waals surface area (Å²) in [6, 6.07) is 36.2. The number of ketones is 1. The van der Waals surface area contributed by atoms with E-state index in [0.717, 1.165) is 0 Å². The van der Waals surface area contributed by atoms with Gasteiger partial charge in [-0.3, -0.25) is 0 Å². The van der Waals surface area contributed by atoms with Gasteiger partial charge in [-0.15, -0.1) is 0 Å². The van der Waals surface area contributed by atoms with Gasteiger partial charge >= 0.3 is 186 Å². The van der Waals surface area contributed by atoms with Gasteiger partial charge in [-0.25, -0.2) is 0 Å². The van der Waals surface area contributed by atoms with Gasteiger partial charge in [0.2, 0.25) is 0 Å². The van der Waals surface area contributed by atoms with E-state index in [1.54, 1.807) is 24.3 Å². The van der Waals surface area contributed by atoms with Crippen LogP contribution in [-0.2, 0) is 4.62 Å². The summed E-state index contributed by atoms with van der Waals surface area (Å²) in [7, 11) is 0. The van der Waals surface area contributed by atoms with Gasteiger partial charge in [0.15, 0.2) is 0 Å². The van der Waals surface area contributed by atoms with Crippen molar-refractivity contribution < 1.29 is 14.5 Å². The molecule has 6 heteroatoms. The van der Waals surface area contributed by atoms with E-state index in [4.69, 9.17) is 4.62 Å². The van der Waals surface area contributed by atoms with Crippen LogP contribution >= 0.6 is 6.83 Å². The summed E-state index contributed by atoms with van der Waals surface area (Å²) in [5.74, 6) is -0.221. The van der Waals surface area contributed by atoms with E-state index in [0.29, 0.717) is 21.5 Å². The summed E-state index contributed by atoms with van der Waals surface area (Å²) >= 11 is 0. The van der Waals surface area contributed by atoms with Crippen LogP contribution in [0.3, 0.4) is 0 Å². The first-order chi connectivity index (χ1) is 15.6.